The Balaban J connectivity index is 2.17. The Morgan fingerprint density at radius 2 is 1.60 bits per heavy atom. The fourth-order valence-corrected chi connectivity index (χ4v) is 2.61. The van der Waals surface area contributed by atoms with Crippen LogP contribution < -0.4 is 5.73 Å². The van der Waals surface area contributed by atoms with Crippen LogP contribution in [0, 0.1) is 12.7 Å². The van der Waals surface area contributed by atoms with Gasteiger partial charge in [0.1, 0.15) is 5.82 Å². The minimum absolute atomic E-state index is 0.125. The van der Waals surface area contributed by atoms with Gasteiger partial charge in [-0.2, -0.15) is 0 Å². The predicted molar refractivity (Wildman–Crippen MR) is 85.3 cm³/mol. The summed E-state index contributed by atoms with van der Waals surface area (Å²) in [5.74, 6) is -0.125. The molecule has 0 spiro atoms. The van der Waals surface area contributed by atoms with Crippen molar-refractivity contribution in [2.75, 3.05) is 0 Å². The Bertz CT molecular complexity index is 376. The predicted octanol–water partition coefficient (Wildman–Crippen LogP) is 5.66. The molecule has 1 aromatic rings. The summed E-state index contributed by atoms with van der Waals surface area (Å²) in [7, 11) is 0. The number of aryl methyl sites for hydroxylation is 1. The maximum atomic E-state index is 13.9. The van der Waals surface area contributed by atoms with Crippen molar-refractivity contribution in [2.24, 2.45) is 5.73 Å². The second-order valence-corrected chi connectivity index (χ2v) is 5.85. The van der Waals surface area contributed by atoms with Crippen LogP contribution >= 0.6 is 0 Å². The molecular formula is C18H30FN. The van der Waals surface area contributed by atoms with Gasteiger partial charge < -0.3 is 5.73 Å². The number of nitrogens with two attached hydrogens (primary N) is 1. The number of rotatable bonds is 10. The molecular weight excluding hydrogens is 249 g/mol. The van der Waals surface area contributed by atoms with Crippen molar-refractivity contribution < 1.29 is 4.39 Å². The van der Waals surface area contributed by atoms with Crippen LogP contribution in [0.15, 0.2) is 18.2 Å². The molecule has 1 aromatic carbocycles. The highest BCUT2D eigenvalue weighted by atomic mass is 19.1. The van der Waals surface area contributed by atoms with Crippen LogP contribution in [0.1, 0.15) is 81.9 Å². The molecule has 2 N–H and O–H groups in total. The molecule has 0 amide bonds. The summed E-state index contributed by atoms with van der Waals surface area (Å²) in [6, 6.07) is 5.34. The summed E-state index contributed by atoms with van der Waals surface area (Å²) in [6.07, 6.45) is 11.2. The molecule has 0 aliphatic carbocycles. The third-order valence-corrected chi connectivity index (χ3v) is 3.99. The van der Waals surface area contributed by atoms with E-state index in [1.807, 2.05) is 12.1 Å². The first-order chi connectivity index (χ1) is 9.66. The summed E-state index contributed by atoms with van der Waals surface area (Å²) >= 11 is 0. The second-order valence-electron chi connectivity index (χ2n) is 5.85. The van der Waals surface area contributed by atoms with Crippen LogP contribution in [-0.4, -0.2) is 0 Å². The molecule has 1 nitrogen and oxygen atoms in total. The van der Waals surface area contributed by atoms with Crippen LogP contribution in [0.5, 0.6) is 0 Å². The fourth-order valence-electron chi connectivity index (χ4n) is 2.61. The van der Waals surface area contributed by atoms with Crippen LogP contribution in [0.25, 0.3) is 0 Å². The van der Waals surface area contributed by atoms with Gasteiger partial charge in [0.25, 0.3) is 0 Å². The van der Waals surface area contributed by atoms with Gasteiger partial charge in [-0.3, -0.25) is 0 Å². The van der Waals surface area contributed by atoms with Gasteiger partial charge >= 0.3 is 0 Å². The molecule has 0 bridgehead atoms. The van der Waals surface area contributed by atoms with Crippen molar-refractivity contribution in [3.05, 3.63) is 35.1 Å². The highest BCUT2D eigenvalue weighted by Gasteiger charge is 2.12. The third-order valence-electron chi connectivity index (χ3n) is 3.99. The van der Waals surface area contributed by atoms with Gasteiger partial charge in [0.2, 0.25) is 0 Å². The maximum absolute atomic E-state index is 13.9. The van der Waals surface area contributed by atoms with E-state index >= 15 is 0 Å². The minimum atomic E-state index is -0.157. The van der Waals surface area contributed by atoms with Gasteiger partial charge in [0.15, 0.2) is 0 Å². The van der Waals surface area contributed by atoms with Crippen molar-refractivity contribution in [1.82, 2.24) is 0 Å². The first-order valence-electron chi connectivity index (χ1n) is 8.17. The van der Waals surface area contributed by atoms with E-state index in [2.05, 4.69) is 6.92 Å². The lowest BCUT2D eigenvalue weighted by molar-refractivity contribution is 0.516. The third kappa shape index (κ3) is 6.04. The van der Waals surface area contributed by atoms with E-state index in [0.717, 1.165) is 12.8 Å². The van der Waals surface area contributed by atoms with Crippen molar-refractivity contribution in [3.63, 3.8) is 0 Å². The van der Waals surface area contributed by atoms with Gasteiger partial charge in [-0.05, 0) is 18.9 Å². The van der Waals surface area contributed by atoms with Crippen LogP contribution in [0.3, 0.4) is 0 Å². The molecule has 20 heavy (non-hydrogen) atoms. The maximum Gasteiger partial charge on any atom is 0.130 e. The molecule has 0 radical (unpaired) electrons. The van der Waals surface area contributed by atoms with E-state index in [1.54, 1.807) is 13.0 Å². The van der Waals surface area contributed by atoms with E-state index in [-0.39, 0.29) is 11.9 Å². The lowest BCUT2D eigenvalue weighted by Crippen LogP contribution is -2.12. The number of hydrogen-bond donors (Lipinski definition) is 1. The van der Waals surface area contributed by atoms with Crippen molar-refractivity contribution in [2.45, 2.75) is 77.7 Å². The Hall–Kier alpha value is -0.890. The summed E-state index contributed by atoms with van der Waals surface area (Å²) in [4.78, 5) is 0. The van der Waals surface area contributed by atoms with E-state index in [9.17, 15) is 4.39 Å². The van der Waals surface area contributed by atoms with E-state index in [4.69, 9.17) is 5.73 Å². The highest BCUT2D eigenvalue weighted by molar-refractivity contribution is 5.27. The van der Waals surface area contributed by atoms with E-state index in [0.29, 0.717) is 11.1 Å². The Morgan fingerprint density at radius 3 is 2.25 bits per heavy atom. The summed E-state index contributed by atoms with van der Waals surface area (Å²) in [5, 5.41) is 0. The summed E-state index contributed by atoms with van der Waals surface area (Å²) in [5.41, 5.74) is 7.47. The number of halogens is 1. The first-order valence-corrected chi connectivity index (χ1v) is 8.17. The topological polar surface area (TPSA) is 26.0 Å². The van der Waals surface area contributed by atoms with E-state index < -0.39 is 0 Å². The van der Waals surface area contributed by atoms with E-state index in [1.165, 1.54) is 44.9 Å². The Morgan fingerprint density at radius 1 is 1.00 bits per heavy atom. The van der Waals surface area contributed by atoms with Crippen molar-refractivity contribution in [1.29, 1.82) is 0 Å². The summed E-state index contributed by atoms with van der Waals surface area (Å²) < 4.78 is 13.9. The van der Waals surface area contributed by atoms with Gasteiger partial charge in [-0.25, -0.2) is 4.39 Å². The smallest absolute Gasteiger partial charge is 0.130 e. The molecule has 114 valence electrons. The van der Waals surface area contributed by atoms with Crippen molar-refractivity contribution in [3.8, 4) is 0 Å². The average molecular weight is 279 g/mol. The molecule has 1 atom stereocenters. The zero-order valence-corrected chi connectivity index (χ0v) is 13.1. The first kappa shape index (κ1) is 17.2. The molecule has 0 aliphatic rings. The van der Waals surface area contributed by atoms with Gasteiger partial charge in [0.05, 0.1) is 0 Å². The quantitative estimate of drug-likeness (QED) is 0.549. The second kappa shape index (κ2) is 9.93. The molecule has 2 heteroatoms. The normalized spacial score (nSPS) is 12.6. The van der Waals surface area contributed by atoms with Crippen LogP contribution in [-0.2, 0) is 0 Å². The monoisotopic (exact) mass is 279 g/mol. The fraction of sp³-hybridized carbons (Fsp3) is 0.667. The molecule has 0 heterocycles. The van der Waals surface area contributed by atoms with Crippen LogP contribution in [0.2, 0.25) is 0 Å². The number of hydrogen-bond acceptors (Lipinski definition) is 1. The molecule has 0 aliphatic heterocycles. The molecule has 0 fully saturated rings. The van der Waals surface area contributed by atoms with Gasteiger partial charge in [0, 0.05) is 11.6 Å². The standard InChI is InChI=1S/C18H30FN/c1-3-4-5-6-7-8-9-10-14-17(20)16-13-11-12-15(2)18(16)19/h11-13,17H,3-10,14,20H2,1-2H3. The molecule has 0 aromatic heterocycles. The number of unbranched alkanes of at least 4 members (excludes halogenated alkanes) is 7. The van der Waals surface area contributed by atoms with Gasteiger partial charge in [-0.15, -0.1) is 0 Å². The minimum Gasteiger partial charge on any atom is -0.324 e. The van der Waals surface area contributed by atoms with Crippen molar-refractivity contribution >= 4 is 0 Å². The zero-order chi connectivity index (χ0) is 14.8. The van der Waals surface area contributed by atoms with Crippen LogP contribution in [0.4, 0.5) is 4.39 Å². The lowest BCUT2D eigenvalue weighted by atomic mass is 9.98. The average Bonchev–Trinajstić information content (AvgIpc) is 2.44. The molecule has 0 saturated heterocycles. The molecule has 0 saturated carbocycles. The Kier molecular flexibility index (Phi) is 8.52. The summed E-state index contributed by atoms with van der Waals surface area (Å²) in [6.45, 7) is 4.04. The zero-order valence-electron chi connectivity index (χ0n) is 13.1. The highest BCUT2D eigenvalue weighted by Crippen LogP contribution is 2.22. The number of benzene rings is 1. The van der Waals surface area contributed by atoms with Gasteiger partial charge in [-0.1, -0.05) is 76.5 Å². The molecule has 1 rings (SSSR count). The lowest BCUT2D eigenvalue weighted by Gasteiger charge is -2.14. The SMILES string of the molecule is CCCCCCCCCCC(N)c1cccc(C)c1F. The Labute approximate surface area is 123 Å². The largest absolute Gasteiger partial charge is 0.324 e. The molecule has 1 unspecified atom stereocenters.